The Morgan fingerprint density at radius 3 is 2.71 bits per heavy atom. The van der Waals surface area contributed by atoms with E-state index < -0.39 is 0 Å². The number of aliphatic imine (C=N–C) groups is 1. The molecule has 0 unspecified atom stereocenters. The zero-order chi connectivity index (χ0) is 12.3. The molecule has 1 aliphatic rings. The lowest BCUT2D eigenvalue weighted by Gasteiger charge is -2.21. The van der Waals surface area contributed by atoms with E-state index in [0.717, 1.165) is 18.4 Å². The molecule has 17 heavy (non-hydrogen) atoms. The van der Waals surface area contributed by atoms with Crippen molar-refractivity contribution in [1.82, 2.24) is 0 Å². The topological polar surface area (TPSA) is 38.4 Å². The summed E-state index contributed by atoms with van der Waals surface area (Å²) < 4.78 is 13.1. The molecule has 0 saturated heterocycles. The SMILES string of the molecule is Cc1ccc(F)cc1N=C(N)C1CCCCC1. The second-order valence-corrected chi connectivity index (χ2v) is 4.80. The van der Waals surface area contributed by atoms with Gasteiger partial charge in [0.2, 0.25) is 0 Å². The first-order valence-corrected chi connectivity index (χ1v) is 6.27. The fourth-order valence-corrected chi connectivity index (χ4v) is 2.33. The summed E-state index contributed by atoms with van der Waals surface area (Å²) in [5.74, 6) is 0.788. The number of amidine groups is 1. The van der Waals surface area contributed by atoms with Gasteiger partial charge in [0.1, 0.15) is 11.7 Å². The maximum absolute atomic E-state index is 13.1. The molecule has 0 aliphatic heterocycles. The zero-order valence-electron chi connectivity index (χ0n) is 10.2. The fourth-order valence-electron chi connectivity index (χ4n) is 2.33. The van der Waals surface area contributed by atoms with Gasteiger partial charge in [0.15, 0.2) is 0 Å². The van der Waals surface area contributed by atoms with Crippen LogP contribution in [0.25, 0.3) is 0 Å². The largest absolute Gasteiger partial charge is 0.387 e. The smallest absolute Gasteiger partial charge is 0.125 e. The van der Waals surface area contributed by atoms with Crippen LogP contribution in [0.3, 0.4) is 0 Å². The third kappa shape index (κ3) is 3.05. The molecule has 1 fully saturated rings. The zero-order valence-corrected chi connectivity index (χ0v) is 10.2. The average Bonchev–Trinajstić information content (AvgIpc) is 2.35. The Hall–Kier alpha value is -1.38. The number of hydrogen-bond donors (Lipinski definition) is 1. The average molecular weight is 234 g/mol. The molecule has 1 aromatic rings. The predicted octanol–water partition coefficient (Wildman–Crippen LogP) is 3.70. The molecule has 0 radical (unpaired) electrons. The molecular weight excluding hydrogens is 215 g/mol. The minimum Gasteiger partial charge on any atom is -0.387 e. The van der Waals surface area contributed by atoms with Gasteiger partial charge < -0.3 is 5.73 Å². The summed E-state index contributed by atoms with van der Waals surface area (Å²) in [7, 11) is 0. The van der Waals surface area contributed by atoms with Gasteiger partial charge in [-0.15, -0.1) is 0 Å². The quantitative estimate of drug-likeness (QED) is 0.615. The first-order chi connectivity index (χ1) is 8.16. The van der Waals surface area contributed by atoms with E-state index in [9.17, 15) is 4.39 Å². The van der Waals surface area contributed by atoms with E-state index in [-0.39, 0.29) is 5.82 Å². The molecule has 0 heterocycles. The van der Waals surface area contributed by atoms with Crippen molar-refractivity contribution in [2.45, 2.75) is 39.0 Å². The van der Waals surface area contributed by atoms with Crippen LogP contribution in [0.1, 0.15) is 37.7 Å². The lowest BCUT2D eigenvalue weighted by Crippen LogP contribution is -2.25. The minimum absolute atomic E-state index is 0.259. The first kappa shape index (κ1) is 12.1. The van der Waals surface area contributed by atoms with Crippen LogP contribution in [0.4, 0.5) is 10.1 Å². The molecule has 2 rings (SSSR count). The number of benzene rings is 1. The predicted molar refractivity (Wildman–Crippen MR) is 69.0 cm³/mol. The molecule has 92 valence electrons. The van der Waals surface area contributed by atoms with Crippen molar-refractivity contribution in [1.29, 1.82) is 0 Å². The van der Waals surface area contributed by atoms with Crippen molar-refractivity contribution < 1.29 is 4.39 Å². The molecule has 2 N–H and O–H groups in total. The van der Waals surface area contributed by atoms with Crippen molar-refractivity contribution in [3.8, 4) is 0 Å². The number of nitrogens with two attached hydrogens (primary N) is 1. The van der Waals surface area contributed by atoms with Crippen LogP contribution < -0.4 is 5.73 Å². The highest BCUT2D eigenvalue weighted by Crippen LogP contribution is 2.26. The minimum atomic E-state index is -0.259. The van der Waals surface area contributed by atoms with Crippen LogP contribution in [-0.2, 0) is 0 Å². The van der Waals surface area contributed by atoms with Gasteiger partial charge in [-0.05, 0) is 37.5 Å². The molecule has 1 aromatic carbocycles. The fraction of sp³-hybridized carbons (Fsp3) is 0.500. The Morgan fingerprint density at radius 2 is 2.00 bits per heavy atom. The third-order valence-electron chi connectivity index (χ3n) is 3.44. The van der Waals surface area contributed by atoms with E-state index in [2.05, 4.69) is 4.99 Å². The molecule has 1 saturated carbocycles. The van der Waals surface area contributed by atoms with Crippen LogP contribution in [-0.4, -0.2) is 5.84 Å². The van der Waals surface area contributed by atoms with Crippen molar-refractivity contribution in [3.05, 3.63) is 29.6 Å². The van der Waals surface area contributed by atoms with Gasteiger partial charge >= 0.3 is 0 Å². The molecule has 0 amide bonds. The highest BCUT2D eigenvalue weighted by Gasteiger charge is 2.17. The Morgan fingerprint density at radius 1 is 1.29 bits per heavy atom. The number of nitrogens with zero attached hydrogens (tertiary/aromatic N) is 1. The lowest BCUT2D eigenvalue weighted by atomic mass is 9.88. The summed E-state index contributed by atoms with van der Waals surface area (Å²) in [5.41, 5.74) is 7.65. The number of rotatable bonds is 2. The molecule has 0 aromatic heterocycles. The summed E-state index contributed by atoms with van der Waals surface area (Å²) >= 11 is 0. The molecule has 0 atom stereocenters. The summed E-state index contributed by atoms with van der Waals surface area (Å²) in [6.45, 7) is 1.92. The van der Waals surface area contributed by atoms with Gasteiger partial charge in [0.05, 0.1) is 5.69 Å². The monoisotopic (exact) mass is 234 g/mol. The number of halogens is 1. The molecule has 0 bridgehead atoms. The third-order valence-corrected chi connectivity index (χ3v) is 3.44. The lowest BCUT2D eigenvalue weighted by molar-refractivity contribution is 0.437. The highest BCUT2D eigenvalue weighted by molar-refractivity contribution is 5.85. The van der Waals surface area contributed by atoms with Crippen molar-refractivity contribution >= 4 is 11.5 Å². The van der Waals surface area contributed by atoms with E-state index in [4.69, 9.17) is 5.73 Å². The Labute approximate surface area is 102 Å². The van der Waals surface area contributed by atoms with Crippen molar-refractivity contribution in [2.75, 3.05) is 0 Å². The van der Waals surface area contributed by atoms with Gasteiger partial charge in [-0.25, -0.2) is 9.38 Å². The summed E-state index contributed by atoms with van der Waals surface area (Å²) in [4.78, 5) is 4.40. The Balaban J connectivity index is 2.19. The molecule has 1 aliphatic carbocycles. The summed E-state index contributed by atoms with van der Waals surface area (Å²) in [5, 5.41) is 0. The van der Waals surface area contributed by atoms with Crippen LogP contribution in [0.15, 0.2) is 23.2 Å². The van der Waals surface area contributed by atoms with E-state index in [0.29, 0.717) is 17.4 Å². The van der Waals surface area contributed by atoms with E-state index in [1.165, 1.54) is 31.4 Å². The standard InChI is InChI=1S/C14H19FN2/c1-10-7-8-12(15)9-13(10)17-14(16)11-5-3-2-4-6-11/h7-9,11H,2-6H2,1H3,(H2,16,17). The van der Waals surface area contributed by atoms with E-state index >= 15 is 0 Å². The van der Waals surface area contributed by atoms with Crippen LogP contribution >= 0.6 is 0 Å². The summed E-state index contributed by atoms with van der Waals surface area (Å²) in [6.07, 6.45) is 5.97. The maximum atomic E-state index is 13.1. The van der Waals surface area contributed by atoms with E-state index in [1.54, 1.807) is 6.07 Å². The first-order valence-electron chi connectivity index (χ1n) is 6.27. The Bertz CT molecular complexity index is 420. The van der Waals surface area contributed by atoms with Crippen LogP contribution in [0, 0.1) is 18.7 Å². The normalized spacial score (nSPS) is 18.4. The van der Waals surface area contributed by atoms with Gasteiger partial charge in [-0.3, -0.25) is 0 Å². The van der Waals surface area contributed by atoms with Gasteiger partial charge in [0.25, 0.3) is 0 Å². The van der Waals surface area contributed by atoms with Crippen LogP contribution in [0.5, 0.6) is 0 Å². The molecular formula is C14H19FN2. The van der Waals surface area contributed by atoms with Crippen LogP contribution in [0.2, 0.25) is 0 Å². The molecule has 0 spiro atoms. The molecule has 3 heteroatoms. The maximum Gasteiger partial charge on any atom is 0.125 e. The number of hydrogen-bond acceptors (Lipinski definition) is 1. The van der Waals surface area contributed by atoms with Gasteiger partial charge in [0, 0.05) is 5.92 Å². The molecule has 2 nitrogen and oxygen atoms in total. The second kappa shape index (κ2) is 5.30. The van der Waals surface area contributed by atoms with E-state index in [1.807, 2.05) is 6.92 Å². The van der Waals surface area contributed by atoms with Crippen molar-refractivity contribution in [2.24, 2.45) is 16.6 Å². The highest BCUT2D eigenvalue weighted by atomic mass is 19.1. The van der Waals surface area contributed by atoms with Crippen molar-refractivity contribution in [3.63, 3.8) is 0 Å². The summed E-state index contributed by atoms with van der Waals surface area (Å²) in [6, 6.07) is 4.64. The van der Waals surface area contributed by atoms with Gasteiger partial charge in [-0.1, -0.05) is 25.3 Å². The second-order valence-electron chi connectivity index (χ2n) is 4.80. The number of aryl methyl sites for hydroxylation is 1. The Kier molecular flexibility index (Phi) is 3.77. The van der Waals surface area contributed by atoms with Gasteiger partial charge in [-0.2, -0.15) is 0 Å².